The first-order valence-electron chi connectivity index (χ1n) is 6.98. The average molecular weight is 353 g/mol. The Bertz CT molecular complexity index is 494. The summed E-state index contributed by atoms with van der Waals surface area (Å²) in [6.45, 7) is 5.44. The van der Waals surface area contributed by atoms with Gasteiger partial charge >= 0.3 is 0 Å². The molecule has 20 heavy (non-hydrogen) atoms. The Hall–Kier alpha value is -0.710. The van der Waals surface area contributed by atoms with Gasteiger partial charge in [0.2, 0.25) is 0 Å². The number of hydrogen-bond acceptors (Lipinski definition) is 3. The largest absolute Gasteiger partial charge is 0.314 e. The molecule has 1 aromatic carbocycles. The highest BCUT2D eigenvalue weighted by Gasteiger charge is 2.12. The fraction of sp³-hybridized carbons (Fsp3) is 0.438. The topological polar surface area (TPSA) is 24.9 Å². The molecule has 0 saturated heterocycles. The van der Waals surface area contributed by atoms with Crippen LogP contribution in [0.15, 0.2) is 40.4 Å². The normalized spacial score (nSPS) is 12.8. The molecule has 0 spiro atoms. The SMILES string of the molecule is CC(C)NCC(Cc1ccc(Br)cc1)Cc1cncs1. The Morgan fingerprint density at radius 2 is 1.95 bits per heavy atom. The van der Waals surface area contributed by atoms with Gasteiger partial charge in [0.05, 0.1) is 5.51 Å². The Morgan fingerprint density at radius 1 is 1.20 bits per heavy atom. The van der Waals surface area contributed by atoms with Crippen LogP contribution in [0.1, 0.15) is 24.3 Å². The molecule has 108 valence electrons. The van der Waals surface area contributed by atoms with Gasteiger partial charge in [-0.1, -0.05) is 41.9 Å². The van der Waals surface area contributed by atoms with Crippen LogP contribution in [0, 0.1) is 5.92 Å². The van der Waals surface area contributed by atoms with Crippen molar-refractivity contribution in [2.75, 3.05) is 6.54 Å². The Kier molecular flexibility index (Phi) is 6.20. The average Bonchev–Trinajstić information content (AvgIpc) is 2.91. The molecule has 1 unspecified atom stereocenters. The van der Waals surface area contributed by atoms with Crippen LogP contribution in [0.3, 0.4) is 0 Å². The van der Waals surface area contributed by atoms with Crippen LogP contribution < -0.4 is 5.32 Å². The van der Waals surface area contributed by atoms with Crippen molar-refractivity contribution in [3.05, 3.63) is 50.9 Å². The summed E-state index contributed by atoms with van der Waals surface area (Å²) in [6.07, 6.45) is 4.19. The number of rotatable bonds is 7. The van der Waals surface area contributed by atoms with E-state index in [-0.39, 0.29) is 0 Å². The van der Waals surface area contributed by atoms with E-state index in [2.05, 4.69) is 64.3 Å². The maximum absolute atomic E-state index is 4.18. The highest BCUT2D eigenvalue weighted by atomic mass is 79.9. The quantitative estimate of drug-likeness (QED) is 0.803. The highest BCUT2D eigenvalue weighted by Crippen LogP contribution is 2.18. The predicted molar refractivity (Wildman–Crippen MR) is 90.3 cm³/mol. The lowest BCUT2D eigenvalue weighted by atomic mass is 9.95. The number of halogens is 1. The molecule has 1 N–H and O–H groups in total. The fourth-order valence-corrected chi connectivity index (χ4v) is 3.18. The molecule has 2 rings (SSSR count). The van der Waals surface area contributed by atoms with Gasteiger partial charge in [0.15, 0.2) is 0 Å². The first-order chi connectivity index (χ1) is 9.63. The van der Waals surface area contributed by atoms with E-state index in [1.165, 1.54) is 10.4 Å². The summed E-state index contributed by atoms with van der Waals surface area (Å²) in [5.74, 6) is 0.610. The molecule has 0 aliphatic carbocycles. The van der Waals surface area contributed by atoms with Gasteiger partial charge < -0.3 is 5.32 Å². The highest BCUT2D eigenvalue weighted by molar-refractivity contribution is 9.10. The Labute approximate surface area is 133 Å². The molecule has 1 heterocycles. The zero-order valence-corrected chi connectivity index (χ0v) is 14.4. The third kappa shape index (κ3) is 5.35. The lowest BCUT2D eigenvalue weighted by Gasteiger charge is -2.19. The van der Waals surface area contributed by atoms with E-state index in [1.807, 2.05) is 11.7 Å². The van der Waals surface area contributed by atoms with Crippen LogP contribution in [0.2, 0.25) is 0 Å². The van der Waals surface area contributed by atoms with Gasteiger partial charge in [-0.25, -0.2) is 0 Å². The summed E-state index contributed by atoms with van der Waals surface area (Å²) >= 11 is 5.24. The maximum atomic E-state index is 4.18. The number of aromatic nitrogens is 1. The van der Waals surface area contributed by atoms with Gasteiger partial charge in [0, 0.05) is 21.6 Å². The van der Waals surface area contributed by atoms with Crippen molar-refractivity contribution in [2.45, 2.75) is 32.7 Å². The number of nitrogens with one attached hydrogen (secondary N) is 1. The molecule has 0 saturated carbocycles. The minimum Gasteiger partial charge on any atom is -0.314 e. The predicted octanol–water partition coefficient (Wildman–Crippen LogP) is 4.31. The molecule has 0 aliphatic rings. The summed E-state index contributed by atoms with van der Waals surface area (Å²) < 4.78 is 1.14. The fourth-order valence-electron chi connectivity index (χ4n) is 2.20. The van der Waals surface area contributed by atoms with Crippen molar-refractivity contribution in [2.24, 2.45) is 5.92 Å². The minimum absolute atomic E-state index is 0.531. The van der Waals surface area contributed by atoms with Gasteiger partial charge in [0.1, 0.15) is 0 Å². The minimum atomic E-state index is 0.531. The summed E-state index contributed by atoms with van der Waals surface area (Å²) in [6, 6.07) is 9.19. The van der Waals surface area contributed by atoms with Gasteiger partial charge in [-0.3, -0.25) is 4.98 Å². The van der Waals surface area contributed by atoms with Crippen LogP contribution in [0.5, 0.6) is 0 Å². The molecule has 2 aromatic rings. The molecule has 4 heteroatoms. The summed E-state index contributed by atoms with van der Waals surface area (Å²) in [5, 5.41) is 3.56. The first kappa shape index (κ1) is 15.7. The van der Waals surface area contributed by atoms with Gasteiger partial charge in [-0.2, -0.15) is 0 Å². The van der Waals surface area contributed by atoms with E-state index < -0.39 is 0 Å². The van der Waals surface area contributed by atoms with Crippen LogP contribution in [-0.2, 0) is 12.8 Å². The molecule has 0 fully saturated rings. The number of benzene rings is 1. The zero-order chi connectivity index (χ0) is 14.4. The van der Waals surface area contributed by atoms with Crippen LogP contribution >= 0.6 is 27.3 Å². The molecule has 1 aromatic heterocycles. The number of nitrogens with zero attached hydrogens (tertiary/aromatic N) is 1. The van der Waals surface area contributed by atoms with E-state index in [0.29, 0.717) is 12.0 Å². The third-order valence-electron chi connectivity index (χ3n) is 3.23. The van der Waals surface area contributed by atoms with Crippen LogP contribution in [-0.4, -0.2) is 17.6 Å². The van der Waals surface area contributed by atoms with Crippen molar-refractivity contribution in [3.63, 3.8) is 0 Å². The number of thiazole rings is 1. The summed E-state index contributed by atoms with van der Waals surface area (Å²) in [5.41, 5.74) is 3.32. The van der Waals surface area contributed by atoms with Gasteiger partial charge in [0.25, 0.3) is 0 Å². The molecule has 0 bridgehead atoms. The van der Waals surface area contributed by atoms with Crippen molar-refractivity contribution in [1.82, 2.24) is 10.3 Å². The molecule has 0 radical (unpaired) electrons. The van der Waals surface area contributed by atoms with Crippen LogP contribution in [0.4, 0.5) is 0 Å². The first-order valence-corrected chi connectivity index (χ1v) is 8.66. The van der Waals surface area contributed by atoms with Crippen molar-refractivity contribution < 1.29 is 0 Å². The summed E-state index contributed by atoms with van der Waals surface area (Å²) in [7, 11) is 0. The Balaban J connectivity index is 1.99. The summed E-state index contributed by atoms with van der Waals surface area (Å²) in [4.78, 5) is 5.55. The van der Waals surface area contributed by atoms with Gasteiger partial charge in [-0.15, -0.1) is 11.3 Å². The van der Waals surface area contributed by atoms with E-state index in [0.717, 1.165) is 23.9 Å². The third-order valence-corrected chi connectivity index (χ3v) is 4.56. The lowest BCUT2D eigenvalue weighted by molar-refractivity contribution is 0.446. The van der Waals surface area contributed by atoms with Gasteiger partial charge in [-0.05, 0) is 43.0 Å². The molecular formula is C16H21BrN2S. The molecule has 0 amide bonds. The standard InChI is InChI=1S/C16H21BrN2S/c1-12(2)19-9-14(8-16-10-18-11-20-16)7-13-3-5-15(17)6-4-13/h3-6,10-12,14,19H,7-9H2,1-2H3. The second-order valence-electron chi connectivity index (χ2n) is 5.43. The van der Waals surface area contributed by atoms with Crippen molar-refractivity contribution >= 4 is 27.3 Å². The van der Waals surface area contributed by atoms with E-state index >= 15 is 0 Å². The number of hydrogen-bond donors (Lipinski definition) is 1. The zero-order valence-electron chi connectivity index (χ0n) is 12.0. The van der Waals surface area contributed by atoms with Crippen molar-refractivity contribution in [3.8, 4) is 0 Å². The molecule has 0 aliphatic heterocycles. The second kappa shape index (κ2) is 7.91. The monoisotopic (exact) mass is 352 g/mol. The van der Waals surface area contributed by atoms with E-state index in [4.69, 9.17) is 0 Å². The molecule has 2 nitrogen and oxygen atoms in total. The smallest absolute Gasteiger partial charge is 0.0794 e. The maximum Gasteiger partial charge on any atom is 0.0794 e. The molecular weight excluding hydrogens is 332 g/mol. The Morgan fingerprint density at radius 3 is 2.55 bits per heavy atom. The van der Waals surface area contributed by atoms with Crippen LogP contribution in [0.25, 0.3) is 0 Å². The molecule has 1 atom stereocenters. The lowest BCUT2D eigenvalue weighted by Crippen LogP contribution is -2.30. The second-order valence-corrected chi connectivity index (χ2v) is 7.32. The van der Waals surface area contributed by atoms with E-state index in [9.17, 15) is 0 Å². The van der Waals surface area contributed by atoms with E-state index in [1.54, 1.807) is 11.3 Å². The van der Waals surface area contributed by atoms with Crippen molar-refractivity contribution in [1.29, 1.82) is 0 Å².